The van der Waals surface area contributed by atoms with Crippen LogP contribution in [-0.4, -0.2) is 47.7 Å². The number of ether oxygens (including phenoxy) is 2. The number of carbonyl (C=O) groups is 1. The van der Waals surface area contributed by atoms with Crippen LogP contribution in [0.2, 0.25) is 10.1 Å². The van der Waals surface area contributed by atoms with E-state index in [0.29, 0.717) is 6.61 Å². The van der Waals surface area contributed by atoms with E-state index in [1.54, 1.807) is 0 Å². The number of hydrogen-bond donors (Lipinski definition) is 0. The molecule has 0 saturated heterocycles. The summed E-state index contributed by atoms with van der Waals surface area (Å²) in [5.74, 6) is 6.31. The van der Waals surface area contributed by atoms with Crippen LogP contribution in [0.5, 0.6) is 0 Å². The van der Waals surface area contributed by atoms with E-state index in [1.165, 1.54) is 0 Å². The van der Waals surface area contributed by atoms with Crippen LogP contribution in [-0.2, 0) is 20.5 Å². The first kappa shape index (κ1) is 28.4. The molecule has 0 aliphatic heterocycles. The predicted molar refractivity (Wildman–Crippen MR) is 142 cm³/mol. The second-order valence-electron chi connectivity index (χ2n) is 10.2. The van der Waals surface area contributed by atoms with Crippen molar-refractivity contribution in [1.29, 1.82) is 0 Å². The summed E-state index contributed by atoms with van der Waals surface area (Å²) in [5, 5.41) is -0.0191. The first-order valence-electron chi connectivity index (χ1n) is 11.5. The van der Waals surface area contributed by atoms with Gasteiger partial charge in [0.2, 0.25) is 0 Å². The van der Waals surface area contributed by atoms with E-state index in [4.69, 9.17) is 13.9 Å². The Hall–Kier alpha value is -1.87. The molecule has 34 heavy (non-hydrogen) atoms. The molecule has 0 amide bonds. The zero-order chi connectivity index (χ0) is 25.2. The van der Waals surface area contributed by atoms with Crippen LogP contribution in [0.4, 0.5) is 4.79 Å². The van der Waals surface area contributed by atoms with Crippen LogP contribution in [0.1, 0.15) is 54.0 Å². The fraction of sp³-hybridized carbons (Fsp3) is 0.464. The summed E-state index contributed by atoms with van der Waals surface area (Å²) in [6, 6.07) is 19.7. The molecule has 2 rings (SSSR count). The molecule has 0 heterocycles. The summed E-state index contributed by atoms with van der Waals surface area (Å²) in [4.78, 5) is 12.4. The van der Waals surface area contributed by atoms with Crippen LogP contribution in [0, 0.1) is 11.8 Å². The Morgan fingerprint density at radius 2 is 1.50 bits per heavy atom. The third-order valence-electron chi connectivity index (χ3n) is 4.79. The molecule has 0 fully saturated rings. The van der Waals surface area contributed by atoms with Crippen LogP contribution in [0.15, 0.2) is 60.7 Å². The Morgan fingerprint density at radius 1 is 0.941 bits per heavy atom. The molecule has 0 aliphatic carbocycles. The van der Waals surface area contributed by atoms with Gasteiger partial charge in [0.25, 0.3) is 0 Å². The van der Waals surface area contributed by atoms with Crippen molar-refractivity contribution in [2.24, 2.45) is 0 Å². The molecule has 6 heteroatoms. The molecule has 2 aromatic rings. The fourth-order valence-electron chi connectivity index (χ4n) is 3.61. The van der Waals surface area contributed by atoms with Gasteiger partial charge in [-0.25, -0.2) is 0 Å². The topological polar surface area (TPSA) is 44.8 Å². The van der Waals surface area contributed by atoms with Crippen molar-refractivity contribution in [3.05, 3.63) is 66.2 Å². The Balaban J connectivity index is 2.09. The van der Waals surface area contributed by atoms with E-state index in [2.05, 4.69) is 53.4 Å². The predicted octanol–water partition coefficient (Wildman–Crippen LogP) is 5.74. The minimum atomic E-state index is -1.33. The third-order valence-corrected chi connectivity index (χ3v) is 9.62. The normalized spacial score (nSPS) is 13.6. The molecule has 0 aromatic heterocycles. The maximum absolute atomic E-state index is 12.6. The molecule has 4 nitrogen and oxygen atoms in total. The van der Waals surface area contributed by atoms with E-state index < -0.39 is 36.2 Å². The first-order chi connectivity index (χ1) is 16.0. The molecular weight excluding hydrogens is 507 g/mol. The fourth-order valence-corrected chi connectivity index (χ4v) is 8.51. The van der Waals surface area contributed by atoms with E-state index >= 15 is 0 Å². The van der Waals surface area contributed by atoms with E-state index in [9.17, 15) is 4.79 Å². The zero-order valence-electron chi connectivity index (χ0n) is 21.4. The summed E-state index contributed by atoms with van der Waals surface area (Å²) < 4.78 is 19.2. The number of carbonyl (C=O) groups excluding carboxylic acids is 1. The monoisotopic (exact) mass is 545 g/mol. The van der Waals surface area contributed by atoms with Gasteiger partial charge in [0.15, 0.2) is 0 Å². The summed E-state index contributed by atoms with van der Waals surface area (Å²) in [6.45, 7) is 15.9. The quantitative estimate of drug-likeness (QED) is 0.230. The van der Waals surface area contributed by atoms with Gasteiger partial charge < -0.3 is 0 Å². The number of benzene rings is 2. The third kappa shape index (κ3) is 10.2. The molecule has 1 radical (unpaired) electrons. The van der Waals surface area contributed by atoms with Gasteiger partial charge in [-0.15, -0.1) is 0 Å². The molecule has 0 spiro atoms. The first-order valence-corrected chi connectivity index (χ1v) is 14.7. The van der Waals surface area contributed by atoms with Gasteiger partial charge in [0.1, 0.15) is 0 Å². The van der Waals surface area contributed by atoms with Crippen molar-refractivity contribution in [2.75, 3.05) is 6.61 Å². The Bertz CT molecular complexity index is 926. The van der Waals surface area contributed by atoms with Crippen LogP contribution in [0.25, 0.3) is 0 Å². The van der Waals surface area contributed by atoms with Crippen molar-refractivity contribution in [3.8, 4) is 11.8 Å². The molecule has 2 aromatic carbocycles. The van der Waals surface area contributed by atoms with Gasteiger partial charge in [-0.05, 0) is 0 Å². The Kier molecular flexibility index (Phi) is 11.1. The Labute approximate surface area is 213 Å². The number of hydrogen-bond acceptors (Lipinski definition) is 4. The molecule has 0 saturated carbocycles. The minimum absolute atomic E-state index is 0.00956. The molecule has 0 N–H and O–H groups in total. The van der Waals surface area contributed by atoms with E-state index in [1.807, 2.05) is 67.6 Å². The molecule has 0 unspecified atom stereocenters. The van der Waals surface area contributed by atoms with Gasteiger partial charge in [-0.1, -0.05) is 6.07 Å². The second kappa shape index (κ2) is 13.3. The van der Waals surface area contributed by atoms with Crippen molar-refractivity contribution in [2.45, 2.75) is 77.4 Å². The molecule has 183 valence electrons. The summed E-state index contributed by atoms with van der Waals surface area (Å²) >= 11 is -0.409. The second-order valence-corrected chi connectivity index (χ2v) is 16.2. The van der Waals surface area contributed by atoms with Crippen LogP contribution < -0.4 is 4.46 Å². The average molecular weight is 545 g/mol. The van der Waals surface area contributed by atoms with Crippen molar-refractivity contribution in [3.63, 3.8) is 0 Å². The zero-order valence-corrected chi connectivity index (χ0v) is 24.1. The molecular formula is C28H37O4SeSi. The van der Waals surface area contributed by atoms with Gasteiger partial charge in [-0.3, -0.25) is 0 Å². The van der Waals surface area contributed by atoms with Crippen LogP contribution >= 0.6 is 0 Å². The number of rotatable bonds is 9. The molecule has 2 atom stereocenters. The van der Waals surface area contributed by atoms with E-state index in [-0.39, 0.29) is 21.6 Å². The maximum atomic E-state index is 12.6. The summed E-state index contributed by atoms with van der Waals surface area (Å²) in [7, 11) is -1.33. The summed E-state index contributed by atoms with van der Waals surface area (Å²) in [5.41, 5.74) is 1.11. The SMILES string of the molecule is C[C@H](OC(=O)[Se]c1ccccc1)[C@@H](C#CCOCc1ccccc1)O[Si](C(C)(C)C)C(C)(C)C. The van der Waals surface area contributed by atoms with Crippen molar-refractivity contribution in [1.82, 2.24) is 0 Å². The summed E-state index contributed by atoms with van der Waals surface area (Å²) in [6.07, 6.45) is -0.993. The standard InChI is InChI=1S/C28H37O4SeSi/c1-22(31-26(29)33-24-17-12-9-13-18-24)25(32-34(27(2,3)4)28(5,6)7)19-14-20-30-21-23-15-10-8-11-16-23/h8-13,15-18,22,25H,20-21H2,1-7H3/t22-,25+/m0/s1. The van der Waals surface area contributed by atoms with Gasteiger partial charge in [-0.2, -0.15) is 0 Å². The van der Waals surface area contributed by atoms with Gasteiger partial charge in [0, 0.05) is 0 Å². The van der Waals surface area contributed by atoms with Crippen LogP contribution in [0.3, 0.4) is 0 Å². The van der Waals surface area contributed by atoms with Crippen molar-refractivity contribution < 1.29 is 18.7 Å². The van der Waals surface area contributed by atoms with Crippen molar-refractivity contribution >= 4 is 33.3 Å². The average Bonchev–Trinajstić information content (AvgIpc) is 2.75. The molecule has 0 bridgehead atoms. The van der Waals surface area contributed by atoms with Gasteiger partial charge in [0.05, 0.1) is 0 Å². The Morgan fingerprint density at radius 3 is 2.06 bits per heavy atom. The van der Waals surface area contributed by atoms with Gasteiger partial charge >= 0.3 is 208 Å². The van der Waals surface area contributed by atoms with E-state index in [0.717, 1.165) is 10.0 Å². The molecule has 0 aliphatic rings.